The molecule has 0 bridgehead atoms. The van der Waals surface area contributed by atoms with Gasteiger partial charge in [0.25, 0.3) is 10.0 Å². The summed E-state index contributed by atoms with van der Waals surface area (Å²) in [6.07, 6.45) is 1.74. The summed E-state index contributed by atoms with van der Waals surface area (Å²) in [7, 11) is -0.0377. The van der Waals surface area contributed by atoms with Crippen molar-refractivity contribution >= 4 is 42.5 Å². The molecule has 0 aliphatic carbocycles. The maximum absolute atomic E-state index is 13.4. The van der Waals surface area contributed by atoms with Crippen LogP contribution >= 0.6 is 15.9 Å². The normalized spacial score (nSPS) is 15.9. The Bertz CT molecular complexity index is 1120. The highest BCUT2D eigenvalue weighted by molar-refractivity contribution is 9.10. The minimum absolute atomic E-state index is 0.243. The van der Waals surface area contributed by atoms with E-state index in [9.17, 15) is 8.42 Å². The molecule has 1 aliphatic rings. The molecule has 1 aliphatic heterocycles. The predicted octanol–water partition coefficient (Wildman–Crippen LogP) is 3.40. The van der Waals surface area contributed by atoms with Gasteiger partial charge in [0.15, 0.2) is 0 Å². The highest BCUT2D eigenvalue weighted by Gasteiger charge is 2.26. The first-order valence-corrected chi connectivity index (χ1v) is 11.3. The van der Waals surface area contributed by atoms with E-state index in [1.54, 1.807) is 43.6 Å². The molecular weight excluding hydrogens is 442 g/mol. The van der Waals surface area contributed by atoms with Gasteiger partial charge in [-0.05, 0) is 53.3 Å². The fraction of sp³-hybridized carbons (Fsp3) is 0.300. The zero-order valence-corrected chi connectivity index (χ0v) is 18.2. The summed E-state index contributed by atoms with van der Waals surface area (Å²) in [5.41, 5.74) is 1.56. The maximum Gasteiger partial charge on any atom is 0.269 e. The van der Waals surface area contributed by atoms with Crippen molar-refractivity contribution in [3.05, 3.63) is 53.1 Å². The monoisotopic (exact) mass is 463 g/mol. The van der Waals surface area contributed by atoms with Crippen LogP contribution in [0.3, 0.4) is 0 Å². The molecule has 28 heavy (non-hydrogen) atoms. The lowest BCUT2D eigenvalue weighted by atomic mass is 10.2. The molecule has 0 spiro atoms. The second-order valence-electron chi connectivity index (χ2n) is 6.92. The molecule has 3 aromatic rings. The van der Waals surface area contributed by atoms with E-state index in [-0.39, 0.29) is 4.90 Å². The van der Waals surface area contributed by atoms with Crippen molar-refractivity contribution in [3.8, 4) is 5.75 Å². The zero-order valence-electron chi connectivity index (χ0n) is 15.8. The number of nitrogens with zero attached hydrogens (tertiary/aromatic N) is 3. The molecular formula is C20H22BrN3O3S. The Morgan fingerprint density at radius 1 is 1.04 bits per heavy atom. The molecule has 6 nitrogen and oxygen atoms in total. The number of benzene rings is 2. The first-order chi connectivity index (χ1) is 13.4. The summed E-state index contributed by atoms with van der Waals surface area (Å²) >= 11 is 3.38. The summed E-state index contributed by atoms with van der Waals surface area (Å²) in [6, 6.07) is 12.4. The van der Waals surface area contributed by atoms with Gasteiger partial charge in [0, 0.05) is 42.2 Å². The highest BCUT2D eigenvalue weighted by Crippen LogP contribution is 2.36. The van der Waals surface area contributed by atoms with Gasteiger partial charge >= 0.3 is 0 Å². The van der Waals surface area contributed by atoms with Crippen molar-refractivity contribution in [2.45, 2.75) is 4.90 Å². The van der Waals surface area contributed by atoms with E-state index in [0.717, 1.165) is 37.3 Å². The van der Waals surface area contributed by atoms with Gasteiger partial charge in [-0.15, -0.1) is 0 Å². The topological polar surface area (TPSA) is 54.8 Å². The van der Waals surface area contributed by atoms with Crippen LogP contribution in [-0.4, -0.2) is 57.6 Å². The molecule has 1 fully saturated rings. The van der Waals surface area contributed by atoms with Gasteiger partial charge in [0.05, 0.1) is 18.3 Å². The largest absolute Gasteiger partial charge is 0.497 e. The lowest BCUT2D eigenvalue weighted by Crippen LogP contribution is -2.44. The van der Waals surface area contributed by atoms with Crippen LogP contribution in [0, 0.1) is 0 Å². The summed E-state index contributed by atoms with van der Waals surface area (Å²) in [4.78, 5) is 4.76. The number of hydrogen-bond donors (Lipinski definition) is 0. The van der Waals surface area contributed by atoms with Crippen molar-refractivity contribution in [1.82, 2.24) is 8.87 Å². The number of methoxy groups -OCH3 is 1. The number of halogens is 1. The molecule has 8 heteroatoms. The van der Waals surface area contributed by atoms with Crippen LogP contribution in [-0.2, 0) is 10.0 Å². The van der Waals surface area contributed by atoms with Crippen LogP contribution in [0.4, 0.5) is 5.69 Å². The zero-order chi connectivity index (χ0) is 19.9. The Balaban J connectivity index is 1.91. The molecule has 148 valence electrons. The number of piperazine rings is 1. The Labute approximate surface area is 173 Å². The minimum atomic E-state index is -3.75. The van der Waals surface area contributed by atoms with Gasteiger partial charge < -0.3 is 14.5 Å². The number of hydrogen-bond acceptors (Lipinski definition) is 5. The summed E-state index contributed by atoms with van der Waals surface area (Å²) < 4.78 is 34.2. The third kappa shape index (κ3) is 3.29. The summed E-state index contributed by atoms with van der Waals surface area (Å²) in [5, 5.41) is 0.875. The molecule has 0 atom stereocenters. The van der Waals surface area contributed by atoms with Gasteiger partial charge in [-0.25, -0.2) is 12.4 Å². The van der Waals surface area contributed by atoms with Crippen LogP contribution in [0.2, 0.25) is 0 Å². The number of rotatable bonds is 4. The van der Waals surface area contributed by atoms with E-state index in [1.165, 1.54) is 3.97 Å². The predicted molar refractivity (Wildman–Crippen MR) is 115 cm³/mol. The third-order valence-corrected chi connectivity index (χ3v) is 7.86. The Morgan fingerprint density at radius 2 is 1.75 bits per heavy atom. The third-order valence-electron chi connectivity index (χ3n) is 5.17. The van der Waals surface area contributed by atoms with E-state index >= 15 is 0 Å². The highest BCUT2D eigenvalue weighted by atomic mass is 79.9. The summed E-state index contributed by atoms with van der Waals surface area (Å²) in [5.74, 6) is 0.707. The molecule has 0 N–H and O–H groups in total. The first kappa shape index (κ1) is 19.3. The number of fused-ring (bicyclic) bond motifs is 1. The first-order valence-electron chi connectivity index (χ1n) is 9.04. The van der Waals surface area contributed by atoms with Crippen LogP contribution in [0.25, 0.3) is 10.9 Å². The lowest BCUT2D eigenvalue weighted by molar-refractivity contribution is 0.313. The second kappa shape index (κ2) is 7.42. The number of anilines is 1. The lowest BCUT2D eigenvalue weighted by Gasteiger charge is -2.33. The van der Waals surface area contributed by atoms with Crippen LogP contribution in [0.15, 0.2) is 58.0 Å². The van der Waals surface area contributed by atoms with E-state index in [4.69, 9.17) is 4.74 Å². The van der Waals surface area contributed by atoms with Crippen molar-refractivity contribution in [2.24, 2.45) is 0 Å². The SMILES string of the molecule is COc1ccc2c(c1)c(N1CCN(C)CC1)cn2S(=O)(=O)c1ccccc1Br. The van der Waals surface area contributed by atoms with Gasteiger partial charge in [-0.2, -0.15) is 0 Å². The molecule has 2 aromatic carbocycles. The molecule has 0 saturated carbocycles. The average molecular weight is 464 g/mol. The molecule has 4 rings (SSSR count). The Morgan fingerprint density at radius 3 is 2.43 bits per heavy atom. The molecule has 0 unspecified atom stereocenters. The van der Waals surface area contributed by atoms with Crippen molar-refractivity contribution in [2.75, 3.05) is 45.2 Å². The Hall–Kier alpha value is -2.03. The second-order valence-corrected chi connectivity index (χ2v) is 9.56. The number of ether oxygens (including phenoxy) is 1. The molecule has 0 radical (unpaired) electrons. The number of likely N-dealkylation sites (N-methyl/N-ethyl adjacent to an activating group) is 1. The molecule has 1 aromatic heterocycles. The van der Waals surface area contributed by atoms with Crippen molar-refractivity contribution < 1.29 is 13.2 Å². The molecule has 1 saturated heterocycles. The van der Waals surface area contributed by atoms with Gasteiger partial charge in [0.2, 0.25) is 0 Å². The standard InChI is InChI=1S/C20H22BrN3O3S/c1-22-9-11-23(12-10-22)19-14-24(18-8-7-15(27-2)13-16(18)19)28(25,26)20-6-4-3-5-17(20)21/h3-8,13-14H,9-12H2,1-2H3. The van der Waals surface area contributed by atoms with E-state index in [0.29, 0.717) is 15.7 Å². The van der Waals surface area contributed by atoms with Crippen LogP contribution in [0.5, 0.6) is 5.75 Å². The van der Waals surface area contributed by atoms with Crippen LogP contribution in [0.1, 0.15) is 0 Å². The average Bonchev–Trinajstić information content (AvgIpc) is 3.08. The Kier molecular flexibility index (Phi) is 5.11. The maximum atomic E-state index is 13.4. The van der Waals surface area contributed by atoms with E-state index in [1.807, 2.05) is 12.1 Å². The van der Waals surface area contributed by atoms with Crippen molar-refractivity contribution in [1.29, 1.82) is 0 Å². The van der Waals surface area contributed by atoms with Gasteiger partial charge in [-0.1, -0.05) is 12.1 Å². The van der Waals surface area contributed by atoms with E-state index in [2.05, 4.69) is 32.8 Å². The summed E-state index contributed by atoms with van der Waals surface area (Å²) in [6.45, 7) is 3.57. The van der Waals surface area contributed by atoms with Gasteiger partial charge in [-0.3, -0.25) is 0 Å². The quantitative estimate of drug-likeness (QED) is 0.593. The minimum Gasteiger partial charge on any atom is -0.497 e. The number of aromatic nitrogens is 1. The fourth-order valence-corrected chi connectivity index (χ4v) is 5.88. The van der Waals surface area contributed by atoms with Crippen LogP contribution < -0.4 is 9.64 Å². The molecule has 2 heterocycles. The smallest absolute Gasteiger partial charge is 0.269 e. The molecule has 0 amide bonds. The van der Waals surface area contributed by atoms with E-state index < -0.39 is 10.0 Å². The van der Waals surface area contributed by atoms with Gasteiger partial charge in [0.1, 0.15) is 10.6 Å². The van der Waals surface area contributed by atoms with Crippen molar-refractivity contribution in [3.63, 3.8) is 0 Å². The fourth-order valence-electron chi connectivity index (χ4n) is 3.55.